The van der Waals surface area contributed by atoms with Crippen LogP contribution in [0.4, 0.5) is 5.69 Å². The van der Waals surface area contributed by atoms with Gasteiger partial charge in [0, 0.05) is 45.3 Å². The van der Waals surface area contributed by atoms with Crippen LogP contribution in [0.1, 0.15) is 19.0 Å². The van der Waals surface area contributed by atoms with Crippen molar-refractivity contribution in [3.05, 3.63) is 24.0 Å². The van der Waals surface area contributed by atoms with E-state index in [1.165, 1.54) is 0 Å². The number of pyridine rings is 1. The average molecular weight is 318 g/mol. The maximum absolute atomic E-state index is 5.47. The number of aromatic nitrogens is 1. The molecule has 22 heavy (non-hydrogen) atoms. The number of hydrogen-bond donors (Lipinski definition) is 2. The summed E-state index contributed by atoms with van der Waals surface area (Å²) >= 11 is 5.47. The fourth-order valence-corrected chi connectivity index (χ4v) is 3.00. The first-order chi connectivity index (χ1) is 10.8. The minimum atomic E-state index is 0.708. The summed E-state index contributed by atoms with van der Waals surface area (Å²) in [4.78, 5) is 9.03. The number of thiocarbonyl (C=S) groups is 1. The molecule has 0 aromatic carbocycles. The Labute approximate surface area is 136 Å². The second-order valence-corrected chi connectivity index (χ2v) is 5.86. The summed E-state index contributed by atoms with van der Waals surface area (Å²) in [5.74, 6) is 0. The summed E-state index contributed by atoms with van der Waals surface area (Å²) in [6, 6.07) is 3.96. The van der Waals surface area contributed by atoms with Gasteiger partial charge < -0.3 is 15.1 Å². The van der Waals surface area contributed by atoms with Crippen LogP contribution in [0.25, 0.3) is 0 Å². The molecule has 0 atom stereocenters. The first-order valence-electron chi connectivity index (χ1n) is 7.81. The van der Waals surface area contributed by atoms with Crippen molar-refractivity contribution in [1.82, 2.24) is 20.2 Å². The van der Waals surface area contributed by atoms with Crippen molar-refractivity contribution in [3.8, 4) is 0 Å². The summed E-state index contributed by atoms with van der Waals surface area (Å²) in [5.41, 5.74) is 5.97. The Morgan fingerprint density at radius 2 is 2.23 bits per heavy atom. The number of hydrazone groups is 1. The first kappa shape index (κ1) is 15.2. The summed E-state index contributed by atoms with van der Waals surface area (Å²) in [6.07, 6.45) is 2.65. The van der Waals surface area contributed by atoms with Crippen LogP contribution < -0.4 is 10.7 Å². The normalized spacial score (nSPS) is 20.4. The van der Waals surface area contributed by atoms with Crippen LogP contribution in [-0.4, -0.2) is 64.9 Å². The Kier molecular flexibility index (Phi) is 4.84. The lowest BCUT2D eigenvalue weighted by molar-refractivity contribution is 0.189. The van der Waals surface area contributed by atoms with Gasteiger partial charge in [0.15, 0.2) is 5.11 Å². The van der Waals surface area contributed by atoms with E-state index in [1.807, 2.05) is 12.1 Å². The molecule has 118 valence electrons. The van der Waals surface area contributed by atoms with Gasteiger partial charge in [-0.15, -0.1) is 0 Å². The number of hydrogen-bond acceptors (Lipinski definition) is 5. The van der Waals surface area contributed by atoms with E-state index in [4.69, 9.17) is 12.2 Å². The Morgan fingerprint density at radius 1 is 1.41 bits per heavy atom. The second-order valence-electron chi connectivity index (χ2n) is 5.47. The van der Waals surface area contributed by atoms with Crippen molar-refractivity contribution in [3.63, 3.8) is 0 Å². The number of nitrogens with one attached hydrogen (secondary N) is 2. The van der Waals surface area contributed by atoms with Crippen molar-refractivity contribution < 1.29 is 0 Å². The Balaban J connectivity index is 1.61. The molecule has 0 unspecified atom stereocenters. The number of rotatable bonds is 2. The molecule has 0 amide bonds. The maximum Gasteiger partial charge on any atom is 0.189 e. The molecule has 0 saturated carbocycles. The molecular formula is C15H22N6S. The standard InChI is InChI=1S/C15H22N6S/c1-2-20-8-10-21(11-9-20)15(22)19-18-13-5-7-16-12-4-3-6-17-14(12)13/h3-4,6,16H,2,5,7-11H2,1H3,(H,19,22)/b18-13-. The van der Waals surface area contributed by atoms with Gasteiger partial charge in [-0.25, -0.2) is 0 Å². The van der Waals surface area contributed by atoms with E-state index in [0.717, 1.165) is 62.8 Å². The molecule has 3 rings (SSSR count). The number of nitrogens with zero attached hydrogens (tertiary/aromatic N) is 4. The zero-order valence-electron chi connectivity index (χ0n) is 12.9. The van der Waals surface area contributed by atoms with Crippen LogP contribution in [0.2, 0.25) is 0 Å². The topological polar surface area (TPSA) is 55.8 Å². The molecule has 2 N–H and O–H groups in total. The zero-order valence-corrected chi connectivity index (χ0v) is 13.7. The van der Waals surface area contributed by atoms with Gasteiger partial charge in [-0.2, -0.15) is 5.10 Å². The predicted molar refractivity (Wildman–Crippen MR) is 93.3 cm³/mol. The minimum absolute atomic E-state index is 0.708. The highest BCUT2D eigenvalue weighted by Crippen LogP contribution is 2.18. The van der Waals surface area contributed by atoms with E-state index in [1.54, 1.807) is 6.20 Å². The SMILES string of the molecule is CCN1CCN(C(=S)N/N=C2/CCNc3cccnc32)CC1. The largest absolute Gasteiger partial charge is 0.383 e. The molecule has 0 aliphatic carbocycles. The minimum Gasteiger partial charge on any atom is -0.383 e. The quantitative estimate of drug-likeness (QED) is 0.629. The molecule has 0 radical (unpaired) electrons. The molecule has 3 heterocycles. The summed E-state index contributed by atoms with van der Waals surface area (Å²) in [7, 11) is 0. The van der Waals surface area contributed by atoms with Gasteiger partial charge in [-0.1, -0.05) is 6.92 Å². The monoisotopic (exact) mass is 318 g/mol. The predicted octanol–water partition coefficient (Wildman–Crippen LogP) is 1.11. The molecule has 2 aliphatic heterocycles. The lowest BCUT2D eigenvalue weighted by atomic mass is 10.1. The van der Waals surface area contributed by atoms with Crippen molar-refractivity contribution in [2.45, 2.75) is 13.3 Å². The third kappa shape index (κ3) is 3.36. The third-order valence-corrected chi connectivity index (χ3v) is 4.50. The van der Waals surface area contributed by atoms with Gasteiger partial charge in [0.1, 0.15) is 5.69 Å². The molecule has 7 heteroatoms. The lowest BCUT2D eigenvalue weighted by Crippen LogP contribution is -2.50. The van der Waals surface area contributed by atoms with Gasteiger partial charge >= 0.3 is 0 Å². The van der Waals surface area contributed by atoms with Gasteiger partial charge in [-0.05, 0) is 30.9 Å². The van der Waals surface area contributed by atoms with Crippen LogP contribution in [0, 0.1) is 0 Å². The summed E-state index contributed by atoms with van der Waals surface area (Å²) in [5, 5.41) is 8.55. The molecule has 1 aromatic rings. The fraction of sp³-hybridized carbons (Fsp3) is 0.533. The summed E-state index contributed by atoms with van der Waals surface area (Å²) in [6.45, 7) is 8.21. The fourth-order valence-electron chi connectivity index (χ4n) is 2.77. The van der Waals surface area contributed by atoms with Crippen LogP contribution in [0.3, 0.4) is 0 Å². The summed E-state index contributed by atoms with van der Waals surface area (Å²) < 4.78 is 0. The molecule has 0 bridgehead atoms. The molecule has 6 nitrogen and oxygen atoms in total. The van der Waals surface area contributed by atoms with Crippen LogP contribution >= 0.6 is 12.2 Å². The van der Waals surface area contributed by atoms with Crippen LogP contribution in [-0.2, 0) is 0 Å². The van der Waals surface area contributed by atoms with Gasteiger partial charge in [0.25, 0.3) is 0 Å². The molecule has 1 saturated heterocycles. The highest BCUT2D eigenvalue weighted by molar-refractivity contribution is 7.80. The first-order valence-corrected chi connectivity index (χ1v) is 8.22. The van der Waals surface area contributed by atoms with Gasteiger partial charge in [-0.3, -0.25) is 10.4 Å². The number of anilines is 1. The molecule has 0 spiro atoms. The zero-order chi connectivity index (χ0) is 15.4. The van der Waals surface area contributed by atoms with E-state index in [2.05, 4.69) is 37.6 Å². The van der Waals surface area contributed by atoms with E-state index < -0.39 is 0 Å². The second kappa shape index (κ2) is 7.02. The van der Waals surface area contributed by atoms with Gasteiger partial charge in [0.2, 0.25) is 0 Å². The molecular weight excluding hydrogens is 296 g/mol. The van der Waals surface area contributed by atoms with E-state index in [0.29, 0.717) is 5.11 Å². The van der Waals surface area contributed by atoms with Gasteiger partial charge in [0.05, 0.1) is 11.4 Å². The third-order valence-electron chi connectivity index (χ3n) is 4.15. The van der Waals surface area contributed by atoms with Crippen LogP contribution in [0.15, 0.2) is 23.4 Å². The lowest BCUT2D eigenvalue weighted by Gasteiger charge is -2.35. The highest BCUT2D eigenvalue weighted by atomic mass is 32.1. The van der Waals surface area contributed by atoms with E-state index in [-0.39, 0.29) is 0 Å². The number of fused-ring (bicyclic) bond motifs is 1. The highest BCUT2D eigenvalue weighted by Gasteiger charge is 2.19. The van der Waals surface area contributed by atoms with E-state index >= 15 is 0 Å². The Bertz CT molecular complexity index is 565. The Morgan fingerprint density at radius 3 is 3.00 bits per heavy atom. The van der Waals surface area contributed by atoms with Crippen molar-refractivity contribution in [2.24, 2.45) is 5.10 Å². The van der Waals surface area contributed by atoms with E-state index in [9.17, 15) is 0 Å². The van der Waals surface area contributed by atoms with Crippen LogP contribution in [0.5, 0.6) is 0 Å². The smallest absolute Gasteiger partial charge is 0.189 e. The van der Waals surface area contributed by atoms with Crippen molar-refractivity contribution >= 4 is 28.7 Å². The molecule has 1 fully saturated rings. The molecule has 2 aliphatic rings. The number of piperazine rings is 1. The average Bonchev–Trinajstić information content (AvgIpc) is 2.59. The number of likely N-dealkylation sites (N-methyl/N-ethyl adjacent to an activating group) is 1. The van der Waals surface area contributed by atoms with Crippen molar-refractivity contribution in [1.29, 1.82) is 0 Å². The molecule has 1 aromatic heterocycles. The van der Waals surface area contributed by atoms with Crippen molar-refractivity contribution in [2.75, 3.05) is 44.6 Å². The Hall–Kier alpha value is -1.73. The maximum atomic E-state index is 5.47.